The summed E-state index contributed by atoms with van der Waals surface area (Å²) in [5, 5.41) is 11.9. The number of nitrogens with one attached hydrogen (secondary N) is 1. The van der Waals surface area contributed by atoms with Gasteiger partial charge < -0.3 is 5.32 Å². The van der Waals surface area contributed by atoms with Crippen LogP contribution >= 0.6 is 11.8 Å². The molecule has 1 N–H and O–H groups in total. The van der Waals surface area contributed by atoms with Gasteiger partial charge in [-0.05, 0) is 43.7 Å². The van der Waals surface area contributed by atoms with Gasteiger partial charge in [-0.25, -0.2) is 0 Å². The molecule has 4 aromatic rings. The number of hydrogen-bond donors (Lipinski definition) is 1. The highest BCUT2D eigenvalue weighted by atomic mass is 32.2. The van der Waals surface area contributed by atoms with Gasteiger partial charge >= 0.3 is 0 Å². The standard InChI is InChI=1S/C26H24N4O2S/c1-18(31)22-15-9-10-16-23(22)27-25(32)19(2)33-26-29-28-24(17-20-11-5-3-6-12-20)30(26)21-13-7-4-8-14-21/h3-16,19H,17H2,1-2H3,(H,27,32). The summed E-state index contributed by atoms with van der Waals surface area (Å²) < 4.78 is 1.99. The van der Waals surface area contributed by atoms with Gasteiger partial charge in [0.25, 0.3) is 0 Å². The summed E-state index contributed by atoms with van der Waals surface area (Å²) in [6.45, 7) is 3.30. The Balaban J connectivity index is 1.58. The molecular formula is C26H24N4O2S. The lowest BCUT2D eigenvalue weighted by molar-refractivity contribution is -0.115. The molecule has 1 unspecified atom stereocenters. The summed E-state index contributed by atoms with van der Waals surface area (Å²) in [4.78, 5) is 24.8. The Morgan fingerprint density at radius 2 is 1.55 bits per heavy atom. The van der Waals surface area contributed by atoms with Gasteiger partial charge in [-0.15, -0.1) is 10.2 Å². The maximum Gasteiger partial charge on any atom is 0.237 e. The normalized spacial score (nSPS) is 11.7. The number of rotatable bonds is 8. The van der Waals surface area contributed by atoms with Crippen molar-refractivity contribution >= 4 is 29.1 Å². The molecule has 0 spiro atoms. The van der Waals surface area contributed by atoms with Gasteiger partial charge in [0.15, 0.2) is 10.9 Å². The van der Waals surface area contributed by atoms with Gasteiger partial charge in [0.1, 0.15) is 5.82 Å². The highest BCUT2D eigenvalue weighted by Gasteiger charge is 2.22. The van der Waals surface area contributed by atoms with Crippen molar-refractivity contribution in [3.05, 3.63) is 102 Å². The number of aromatic nitrogens is 3. The topological polar surface area (TPSA) is 76.9 Å². The lowest BCUT2D eigenvalue weighted by atomic mass is 10.1. The van der Waals surface area contributed by atoms with E-state index >= 15 is 0 Å². The summed E-state index contributed by atoms with van der Waals surface area (Å²) in [6, 6.07) is 27.0. The van der Waals surface area contributed by atoms with Crippen molar-refractivity contribution in [1.82, 2.24) is 14.8 Å². The Morgan fingerprint density at radius 1 is 0.909 bits per heavy atom. The summed E-state index contributed by atoms with van der Waals surface area (Å²) in [5.41, 5.74) is 3.06. The van der Waals surface area contributed by atoms with Gasteiger partial charge in [-0.1, -0.05) is 72.4 Å². The molecule has 1 heterocycles. The minimum atomic E-state index is -0.457. The number of thioether (sulfide) groups is 1. The number of amides is 1. The van der Waals surface area contributed by atoms with Gasteiger partial charge in [0.05, 0.1) is 10.9 Å². The molecule has 1 atom stereocenters. The van der Waals surface area contributed by atoms with Crippen LogP contribution in [0.25, 0.3) is 5.69 Å². The zero-order valence-corrected chi connectivity index (χ0v) is 19.3. The second kappa shape index (κ2) is 10.3. The Kier molecular flexibility index (Phi) is 7.00. The van der Waals surface area contributed by atoms with Gasteiger partial charge in [-0.3, -0.25) is 14.2 Å². The molecule has 0 aliphatic carbocycles. The van der Waals surface area contributed by atoms with Crippen molar-refractivity contribution < 1.29 is 9.59 Å². The van der Waals surface area contributed by atoms with Gasteiger partial charge in [0, 0.05) is 17.7 Å². The van der Waals surface area contributed by atoms with Crippen LogP contribution in [0, 0.1) is 0 Å². The molecule has 33 heavy (non-hydrogen) atoms. The number of anilines is 1. The van der Waals surface area contributed by atoms with Crippen LogP contribution in [-0.4, -0.2) is 31.7 Å². The third-order valence-corrected chi connectivity index (χ3v) is 6.18. The van der Waals surface area contributed by atoms with E-state index in [0.29, 0.717) is 22.8 Å². The van der Waals surface area contributed by atoms with Crippen molar-refractivity contribution in [3.8, 4) is 5.69 Å². The molecule has 0 bridgehead atoms. The quantitative estimate of drug-likeness (QED) is 0.292. The van der Waals surface area contributed by atoms with Gasteiger partial charge in [-0.2, -0.15) is 0 Å². The van der Waals surface area contributed by atoms with E-state index in [1.165, 1.54) is 18.7 Å². The van der Waals surface area contributed by atoms with Gasteiger partial charge in [0.2, 0.25) is 5.91 Å². The summed E-state index contributed by atoms with van der Waals surface area (Å²) >= 11 is 1.33. The molecule has 3 aromatic carbocycles. The van der Waals surface area contributed by atoms with Crippen LogP contribution in [0.5, 0.6) is 0 Å². The first-order chi connectivity index (χ1) is 16.0. The minimum Gasteiger partial charge on any atom is -0.324 e. The predicted octanol–water partition coefficient (Wildman–Crippen LogP) is 5.18. The molecule has 0 aliphatic rings. The summed E-state index contributed by atoms with van der Waals surface area (Å²) in [6.07, 6.45) is 0.621. The van der Waals surface area contributed by atoms with E-state index in [0.717, 1.165) is 17.1 Å². The van der Waals surface area contributed by atoms with Crippen molar-refractivity contribution in [2.24, 2.45) is 0 Å². The number of para-hydroxylation sites is 2. The largest absolute Gasteiger partial charge is 0.324 e. The molecule has 0 saturated carbocycles. The molecule has 4 rings (SSSR count). The van der Waals surface area contributed by atoms with Crippen LogP contribution in [0.15, 0.2) is 90.1 Å². The average Bonchev–Trinajstić information content (AvgIpc) is 3.22. The Hall–Kier alpha value is -3.71. The number of carbonyl (C=O) groups is 2. The number of nitrogens with zero attached hydrogens (tertiary/aromatic N) is 3. The molecule has 166 valence electrons. The Bertz CT molecular complexity index is 1260. The number of hydrogen-bond acceptors (Lipinski definition) is 5. The van der Waals surface area contributed by atoms with Crippen LogP contribution in [0.3, 0.4) is 0 Å². The number of carbonyl (C=O) groups excluding carboxylic acids is 2. The van der Waals surface area contributed by atoms with E-state index in [-0.39, 0.29) is 11.7 Å². The molecule has 0 radical (unpaired) electrons. The zero-order valence-electron chi connectivity index (χ0n) is 18.4. The first kappa shape index (κ1) is 22.5. The fourth-order valence-electron chi connectivity index (χ4n) is 3.45. The monoisotopic (exact) mass is 456 g/mol. The average molecular weight is 457 g/mol. The second-order valence-corrected chi connectivity index (χ2v) is 8.89. The molecule has 1 amide bonds. The smallest absolute Gasteiger partial charge is 0.237 e. The van der Waals surface area contributed by atoms with E-state index in [1.54, 1.807) is 24.3 Å². The number of Topliss-reactive ketones (excluding diaryl/α,β-unsaturated/α-hetero) is 1. The molecule has 7 heteroatoms. The molecule has 6 nitrogen and oxygen atoms in total. The molecule has 0 fully saturated rings. The van der Waals surface area contributed by atoms with Crippen LogP contribution in [0.2, 0.25) is 0 Å². The van der Waals surface area contributed by atoms with Crippen molar-refractivity contribution in [3.63, 3.8) is 0 Å². The predicted molar refractivity (Wildman–Crippen MR) is 131 cm³/mol. The molecule has 0 aliphatic heterocycles. The van der Waals surface area contributed by atoms with Crippen molar-refractivity contribution in [2.45, 2.75) is 30.7 Å². The number of ketones is 1. The lowest BCUT2D eigenvalue weighted by Gasteiger charge is -2.15. The number of benzene rings is 3. The molecule has 0 saturated heterocycles. The summed E-state index contributed by atoms with van der Waals surface area (Å²) in [7, 11) is 0. The zero-order chi connectivity index (χ0) is 23.2. The fourth-order valence-corrected chi connectivity index (χ4v) is 4.34. The minimum absolute atomic E-state index is 0.0967. The van der Waals surface area contributed by atoms with Crippen molar-refractivity contribution in [1.29, 1.82) is 0 Å². The fraction of sp³-hybridized carbons (Fsp3) is 0.154. The Morgan fingerprint density at radius 3 is 2.24 bits per heavy atom. The van der Waals surface area contributed by atoms with Crippen LogP contribution in [0.1, 0.15) is 35.6 Å². The van der Waals surface area contributed by atoms with Crippen LogP contribution < -0.4 is 5.32 Å². The van der Waals surface area contributed by atoms with Crippen molar-refractivity contribution in [2.75, 3.05) is 5.32 Å². The highest BCUT2D eigenvalue weighted by molar-refractivity contribution is 8.00. The SMILES string of the molecule is CC(=O)c1ccccc1NC(=O)C(C)Sc1nnc(Cc2ccccc2)n1-c1ccccc1. The van der Waals surface area contributed by atoms with E-state index in [2.05, 4.69) is 27.6 Å². The molecular weight excluding hydrogens is 432 g/mol. The van der Waals surface area contributed by atoms with E-state index in [4.69, 9.17) is 0 Å². The third kappa shape index (κ3) is 5.38. The van der Waals surface area contributed by atoms with E-state index in [9.17, 15) is 9.59 Å². The second-order valence-electron chi connectivity index (χ2n) is 7.58. The summed E-state index contributed by atoms with van der Waals surface area (Å²) in [5.74, 6) is 0.492. The Labute approximate surface area is 197 Å². The van der Waals surface area contributed by atoms with Crippen LogP contribution in [-0.2, 0) is 11.2 Å². The van der Waals surface area contributed by atoms with E-state index < -0.39 is 5.25 Å². The highest BCUT2D eigenvalue weighted by Crippen LogP contribution is 2.28. The maximum atomic E-state index is 12.9. The first-order valence-corrected chi connectivity index (χ1v) is 11.5. The van der Waals surface area contributed by atoms with Crippen LogP contribution in [0.4, 0.5) is 5.69 Å². The van der Waals surface area contributed by atoms with E-state index in [1.807, 2.05) is 60.0 Å². The maximum absolute atomic E-state index is 12.9. The first-order valence-electron chi connectivity index (χ1n) is 10.6. The molecule has 1 aromatic heterocycles. The third-order valence-electron chi connectivity index (χ3n) is 5.14. The lowest BCUT2D eigenvalue weighted by Crippen LogP contribution is -2.24.